The summed E-state index contributed by atoms with van der Waals surface area (Å²) in [4.78, 5) is 34.6. The highest BCUT2D eigenvalue weighted by atomic mass is 16.2. The molecule has 6 nitrogen and oxygen atoms in total. The fourth-order valence-electron chi connectivity index (χ4n) is 2.24. The first-order chi connectivity index (χ1) is 10.9. The third-order valence-corrected chi connectivity index (χ3v) is 3.80. The van der Waals surface area contributed by atoms with Crippen LogP contribution in [-0.2, 0) is 14.4 Å². The van der Waals surface area contributed by atoms with E-state index in [9.17, 15) is 14.4 Å². The zero-order valence-corrected chi connectivity index (χ0v) is 13.7. The lowest BCUT2D eigenvalue weighted by Crippen LogP contribution is -2.44. The molecule has 0 aliphatic heterocycles. The smallest absolute Gasteiger partial charge is 0.242 e. The highest BCUT2D eigenvalue weighted by Crippen LogP contribution is 2.30. The van der Waals surface area contributed by atoms with Gasteiger partial charge in [-0.05, 0) is 44.4 Å². The molecule has 2 rings (SSSR count). The van der Waals surface area contributed by atoms with Gasteiger partial charge in [0.25, 0.3) is 0 Å². The monoisotopic (exact) mass is 317 g/mol. The molecule has 1 saturated carbocycles. The van der Waals surface area contributed by atoms with E-state index in [1.54, 1.807) is 6.92 Å². The number of nitrogens with one attached hydrogen (secondary N) is 3. The van der Waals surface area contributed by atoms with Crippen molar-refractivity contribution in [2.45, 2.75) is 45.7 Å². The van der Waals surface area contributed by atoms with Gasteiger partial charge >= 0.3 is 0 Å². The zero-order valence-electron chi connectivity index (χ0n) is 13.7. The molecule has 0 saturated heterocycles. The number of hydrogen-bond donors (Lipinski definition) is 3. The Morgan fingerprint density at radius 2 is 1.65 bits per heavy atom. The van der Waals surface area contributed by atoms with Crippen molar-refractivity contribution in [1.29, 1.82) is 0 Å². The predicted octanol–water partition coefficient (Wildman–Crippen LogP) is 1.74. The molecule has 23 heavy (non-hydrogen) atoms. The standard InChI is InChI=1S/C17H23N3O3/c1-10(19-16(22)11(2)18-12(3)21)13-6-8-15(9-7-13)20-17(23)14-4-5-14/h6-11,14H,4-5H2,1-3H3,(H,18,21)(H,19,22)(H,20,23)/t10-,11-/m1/s1. The van der Waals surface area contributed by atoms with Crippen LogP contribution in [-0.4, -0.2) is 23.8 Å². The lowest BCUT2D eigenvalue weighted by Gasteiger charge is -2.18. The second-order valence-electron chi connectivity index (χ2n) is 6.04. The van der Waals surface area contributed by atoms with Crippen molar-refractivity contribution in [1.82, 2.24) is 10.6 Å². The van der Waals surface area contributed by atoms with Crippen LogP contribution in [0, 0.1) is 5.92 Å². The number of hydrogen-bond acceptors (Lipinski definition) is 3. The van der Waals surface area contributed by atoms with Crippen LogP contribution in [0.2, 0.25) is 0 Å². The summed E-state index contributed by atoms with van der Waals surface area (Å²) < 4.78 is 0. The van der Waals surface area contributed by atoms with Gasteiger partial charge in [-0.25, -0.2) is 0 Å². The summed E-state index contributed by atoms with van der Waals surface area (Å²) in [5.41, 5.74) is 1.69. The van der Waals surface area contributed by atoms with Gasteiger partial charge in [0.15, 0.2) is 0 Å². The van der Waals surface area contributed by atoms with Gasteiger partial charge in [-0.2, -0.15) is 0 Å². The maximum absolute atomic E-state index is 12.0. The van der Waals surface area contributed by atoms with Crippen molar-refractivity contribution in [2.24, 2.45) is 5.92 Å². The molecular formula is C17H23N3O3. The fraction of sp³-hybridized carbons (Fsp3) is 0.471. The third kappa shape index (κ3) is 5.09. The van der Waals surface area contributed by atoms with Crippen LogP contribution >= 0.6 is 0 Å². The van der Waals surface area contributed by atoms with Crippen molar-refractivity contribution < 1.29 is 14.4 Å². The Hall–Kier alpha value is -2.37. The molecule has 6 heteroatoms. The average molecular weight is 317 g/mol. The summed E-state index contributed by atoms with van der Waals surface area (Å²) >= 11 is 0. The minimum atomic E-state index is -0.577. The van der Waals surface area contributed by atoms with E-state index in [1.165, 1.54) is 6.92 Å². The number of amides is 3. The van der Waals surface area contributed by atoms with Crippen molar-refractivity contribution in [2.75, 3.05) is 5.32 Å². The van der Waals surface area contributed by atoms with Crippen LogP contribution in [0.15, 0.2) is 24.3 Å². The SMILES string of the molecule is CC(=O)N[C@H](C)C(=O)N[C@H](C)c1ccc(NC(=O)C2CC2)cc1. The van der Waals surface area contributed by atoms with Crippen LogP contribution in [0.4, 0.5) is 5.69 Å². The van der Waals surface area contributed by atoms with E-state index >= 15 is 0 Å². The summed E-state index contributed by atoms with van der Waals surface area (Å²) in [5, 5.41) is 8.27. The molecule has 0 heterocycles. The molecule has 1 aliphatic rings. The second kappa shape index (κ2) is 7.26. The van der Waals surface area contributed by atoms with Gasteiger partial charge in [0.2, 0.25) is 17.7 Å². The normalized spacial score (nSPS) is 16.1. The van der Waals surface area contributed by atoms with E-state index in [0.29, 0.717) is 0 Å². The largest absolute Gasteiger partial charge is 0.348 e. The molecule has 1 fully saturated rings. The second-order valence-corrected chi connectivity index (χ2v) is 6.04. The Bertz CT molecular complexity index is 594. The fourth-order valence-corrected chi connectivity index (χ4v) is 2.24. The first-order valence-electron chi connectivity index (χ1n) is 7.85. The van der Waals surface area contributed by atoms with E-state index in [-0.39, 0.29) is 29.7 Å². The molecule has 3 N–H and O–H groups in total. The molecule has 0 bridgehead atoms. The molecule has 3 amide bonds. The van der Waals surface area contributed by atoms with Gasteiger partial charge in [-0.15, -0.1) is 0 Å². The average Bonchev–Trinajstić information content (AvgIpc) is 3.31. The molecule has 1 aromatic rings. The van der Waals surface area contributed by atoms with Crippen molar-refractivity contribution in [3.63, 3.8) is 0 Å². The van der Waals surface area contributed by atoms with Crippen LogP contribution in [0.5, 0.6) is 0 Å². The van der Waals surface area contributed by atoms with Crippen molar-refractivity contribution in [3.8, 4) is 0 Å². The van der Waals surface area contributed by atoms with Gasteiger partial charge in [-0.3, -0.25) is 14.4 Å². The molecule has 0 spiro atoms. The van der Waals surface area contributed by atoms with Crippen LogP contribution < -0.4 is 16.0 Å². The molecule has 0 radical (unpaired) electrons. The number of benzene rings is 1. The quantitative estimate of drug-likeness (QED) is 0.747. The van der Waals surface area contributed by atoms with Gasteiger partial charge in [0.1, 0.15) is 6.04 Å². The first kappa shape index (κ1) is 17.0. The van der Waals surface area contributed by atoms with Crippen LogP contribution in [0.25, 0.3) is 0 Å². The Balaban J connectivity index is 1.88. The maximum Gasteiger partial charge on any atom is 0.242 e. The van der Waals surface area contributed by atoms with Gasteiger partial charge in [-0.1, -0.05) is 12.1 Å². The van der Waals surface area contributed by atoms with Crippen LogP contribution in [0.1, 0.15) is 45.2 Å². The Morgan fingerprint density at radius 3 is 2.17 bits per heavy atom. The Labute approximate surface area is 136 Å². The third-order valence-electron chi connectivity index (χ3n) is 3.80. The summed E-state index contributed by atoms with van der Waals surface area (Å²) in [6, 6.07) is 6.64. The summed E-state index contributed by atoms with van der Waals surface area (Å²) in [6.07, 6.45) is 1.94. The van der Waals surface area contributed by atoms with E-state index in [2.05, 4.69) is 16.0 Å². The molecule has 0 unspecified atom stereocenters. The van der Waals surface area contributed by atoms with E-state index in [4.69, 9.17) is 0 Å². The van der Waals surface area contributed by atoms with Crippen molar-refractivity contribution in [3.05, 3.63) is 29.8 Å². The number of anilines is 1. The number of carbonyl (C=O) groups excluding carboxylic acids is 3. The predicted molar refractivity (Wildman–Crippen MR) is 87.6 cm³/mol. The van der Waals surface area contributed by atoms with Gasteiger partial charge in [0, 0.05) is 18.5 Å². The minimum Gasteiger partial charge on any atom is -0.348 e. The van der Waals surface area contributed by atoms with E-state index in [1.807, 2.05) is 31.2 Å². The zero-order chi connectivity index (χ0) is 17.0. The summed E-state index contributed by atoms with van der Waals surface area (Å²) in [5.74, 6) is -0.235. The minimum absolute atomic E-state index is 0.0724. The molecular weight excluding hydrogens is 294 g/mol. The molecule has 1 aromatic carbocycles. The first-order valence-corrected chi connectivity index (χ1v) is 7.85. The van der Waals surface area contributed by atoms with Crippen molar-refractivity contribution >= 4 is 23.4 Å². The lowest BCUT2D eigenvalue weighted by molar-refractivity contribution is -0.128. The maximum atomic E-state index is 12.0. The topological polar surface area (TPSA) is 87.3 Å². The van der Waals surface area contributed by atoms with E-state index < -0.39 is 6.04 Å². The number of carbonyl (C=O) groups is 3. The molecule has 2 atom stereocenters. The van der Waals surface area contributed by atoms with Gasteiger partial charge < -0.3 is 16.0 Å². The Morgan fingerprint density at radius 1 is 1.04 bits per heavy atom. The number of rotatable bonds is 6. The highest BCUT2D eigenvalue weighted by Gasteiger charge is 2.29. The molecule has 0 aromatic heterocycles. The highest BCUT2D eigenvalue weighted by molar-refractivity contribution is 5.94. The molecule has 124 valence electrons. The van der Waals surface area contributed by atoms with Crippen LogP contribution in [0.3, 0.4) is 0 Å². The Kier molecular flexibility index (Phi) is 5.36. The summed E-state index contributed by atoms with van der Waals surface area (Å²) in [6.45, 7) is 4.89. The molecule has 1 aliphatic carbocycles. The van der Waals surface area contributed by atoms with E-state index in [0.717, 1.165) is 24.1 Å². The summed E-state index contributed by atoms with van der Waals surface area (Å²) in [7, 11) is 0. The lowest BCUT2D eigenvalue weighted by atomic mass is 10.1. The van der Waals surface area contributed by atoms with Gasteiger partial charge in [0.05, 0.1) is 6.04 Å².